The fourth-order valence-corrected chi connectivity index (χ4v) is 3.55. The summed E-state index contributed by atoms with van der Waals surface area (Å²) in [6, 6.07) is 4.13. The second kappa shape index (κ2) is 6.67. The number of hydrogen-bond donors (Lipinski definition) is 2. The molecule has 1 saturated carbocycles. The van der Waals surface area contributed by atoms with Crippen LogP contribution in [-0.2, 0) is 6.18 Å². The Bertz CT molecular complexity index is 482. The van der Waals surface area contributed by atoms with E-state index >= 15 is 0 Å². The Kier molecular flexibility index (Phi) is 5.33. The molecule has 1 aliphatic carbocycles. The quantitative estimate of drug-likeness (QED) is 0.597. The van der Waals surface area contributed by atoms with E-state index in [1.165, 1.54) is 12.1 Å². The number of alkyl halides is 3. The molecule has 0 radical (unpaired) electrons. The Balaban J connectivity index is 2.26. The molecule has 1 unspecified atom stereocenters. The average molecular weight is 365 g/mol. The molecular weight excluding hydrogens is 345 g/mol. The summed E-state index contributed by atoms with van der Waals surface area (Å²) < 4.78 is 39.1. The Hall–Kier alpha value is -0.590. The van der Waals surface area contributed by atoms with Gasteiger partial charge in [-0.25, -0.2) is 0 Å². The minimum atomic E-state index is -4.37. The van der Waals surface area contributed by atoms with E-state index in [9.17, 15) is 13.2 Å². The molecule has 0 spiro atoms. The monoisotopic (exact) mass is 364 g/mol. The number of hydrogen-bond acceptors (Lipinski definition) is 2. The number of benzene rings is 1. The number of hydrazine groups is 1. The lowest BCUT2D eigenvalue weighted by molar-refractivity contribution is -0.138. The highest BCUT2D eigenvalue weighted by Gasteiger charge is 2.34. The molecule has 1 atom stereocenters. The van der Waals surface area contributed by atoms with E-state index in [1.807, 2.05) is 0 Å². The highest BCUT2D eigenvalue weighted by atomic mass is 79.9. The lowest BCUT2D eigenvalue weighted by Crippen LogP contribution is -2.35. The normalized spacial score (nSPS) is 24.9. The van der Waals surface area contributed by atoms with Gasteiger partial charge in [-0.05, 0) is 42.4 Å². The SMILES string of the molecule is CC1CCC(C(NN)c2ccc(Br)c(C(F)(F)F)c2)CC1. The molecule has 118 valence electrons. The van der Waals surface area contributed by atoms with E-state index in [0.29, 0.717) is 11.5 Å². The first-order valence-electron chi connectivity index (χ1n) is 7.15. The zero-order valence-electron chi connectivity index (χ0n) is 11.9. The van der Waals surface area contributed by atoms with Crippen LogP contribution < -0.4 is 11.3 Å². The molecule has 0 aliphatic heterocycles. The summed E-state index contributed by atoms with van der Waals surface area (Å²) in [7, 11) is 0. The van der Waals surface area contributed by atoms with Gasteiger partial charge in [-0.2, -0.15) is 13.2 Å². The molecule has 1 aromatic carbocycles. The molecule has 0 bridgehead atoms. The molecule has 2 rings (SSSR count). The van der Waals surface area contributed by atoms with E-state index in [2.05, 4.69) is 28.3 Å². The zero-order valence-corrected chi connectivity index (χ0v) is 13.5. The summed E-state index contributed by atoms with van der Waals surface area (Å²) in [4.78, 5) is 0. The van der Waals surface area contributed by atoms with Crippen LogP contribution in [-0.4, -0.2) is 0 Å². The fraction of sp³-hybridized carbons (Fsp3) is 0.600. The van der Waals surface area contributed by atoms with Gasteiger partial charge in [-0.15, -0.1) is 0 Å². The average Bonchev–Trinajstić information content (AvgIpc) is 2.42. The predicted octanol–water partition coefficient (Wildman–Crippen LogP) is 4.80. The molecular formula is C15H20BrF3N2. The number of rotatable bonds is 3. The minimum absolute atomic E-state index is 0.0618. The van der Waals surface area contributed by atoms with Crippen molar-refractivity contribution in [2.24, 2.45) is 17.7 Å². The first-order chi connectivity index (χ1) is 9.82. The lowest BCUT2D eigenvalue weighted by Gasteiger charge is -2.33. The maximum absolute atomic E-state index is 13.0. The van der Waals surface area contributed by atoms with Gasteiger partial charge in [0.05, 0.1) is 5.56 Å². The third-order valence-corrected chi connectivity index (χ3v) is 5.06. The molecule has 0 saturated heterocycles. The van der Waals surface area contributed by atoms with Crippen molar-refractivity contribution in [2.45, 2.75) is 44.8 Å². The second-order valence-electron chi connectivity index (χ2n) is 5.90. The fourth-order valence-electron chi connectivity index (χ4n) is 3.08. The molecule has 1 aromatic rings. The van der Waals surface area contributed by atoms with Crippen molar-refractivity contribution >= 4 is 15.9 Å². The summed E-state index contributed by atoms with van der Waals surface area (Å²) >= 11 is 2.97. The summed E-state index contributed by atoms with van der Waals surface area (Å²) in [6.07, 6.45) is -0.174. The molecule has 0 heterocycles. The molecule has 0 amide bonds. The third kappa shape index (κ3) is 3.99. The Labute approximate surface area is 131 Å². The first kappa shape index (κ1) is 16.8. The summed E-state index contributed by atoms with van der Waals surface area (Å²) in [5.74, 6) is 6.60. The van der Waals surface area contributed by atoms with E-state index in [4.69, 9.17) is 5.84 Å². The van der Waals surface area contributed by atoms with Crippen molar-refractivity contribution in [1.29, 1.82) is 0 Å². The van der Waals surface area contributed by atoms with Gasteiger partial charge in [0.25, 0.3) is 0 Å². The van der Waals surface area contributed by atoms with Crippen molar-refractivity contribution in [1.82, 2.24) is 5.43 Å². The van der Waals surface area contributed by atoms with Gasteiger partial charge in [-0.3, -0.25) is 11.3 Å². The molecule has 21 heavy (non-hydrogen) atoms. The minimum Gasteiger partial charge on any atom is -0.271 e. The maximum atomic E-state index is 13.0. The van der Waals surface area contributed by atoms with E-state index in [0.717, 1.165) is 25.7 Å². The highest BCUT2D eigenvalue weighted by molar-refractivity contribution is 9.10. The van der Waals surface area contributed by atoms with Gasteiger partial charge in [0.1, 0.15) is 0 Å². The molecule has 0 aromatic heterocycles. The second-order valence-corrected chi connectivity index (χ2v) is 6.76. The molecule has 1 fully saturated rings. The van der Waals surface area contributed by atoms with Gasteiger partial charge >= 0.3 is 6.18 Å². The summed E-state index contributed by atoms with van der Waals surface area (Å²) in [5.41, 5.74) is 2.67. The van der Waals surface area contributed by atoms with Crippen LogP contribution in [0.2, 0.25) is 0 Å². The Morgan fingerprint density at radius 3 is 2.38 bits per heavy atom. The number of nitrogens with two attached hydrogens (primary N) is 1. The van der Waals surface area contributed by atoms with Crippen LogP contribution in [0.1, 0.15) is 49.8 Å². The van der Waals surface area contributed by atoms with Crippen LogP contribution in [0.4, 0.5) is 13.2 Å². The van der Waals surface area contributed by atoms with Gasteiger partial charge < -0.3 is 0 Å². The van der Waals surface area contributed by atoms with Crippen LogP contribution in [0, 0.1) is 11.8 Å². The van der Waals surface area contributed by atoms with Crippen LogP contribution >= 0.6 is 15.9 Å². The molecule has 3 N–H and O–H groups in total. The Morgan fingerprint density at radius 2 is 1.86 bits per heavy atom. The van der Waals surface area contributed by atoms with E-state index in [1.54, 1.807) is 6.07 Å². The molecule has 6 heteroatoms. The van der Waals surface area contributed by atoms with Crippen LogP contribution in [0.15, 0.2) is 22.7 Å². The van der Waals surface area contributed by atoms with Crippen molar-refractivity contribution in [3.8, 4) is 0 Å². The number of nitrogens with one attached hydrogen (secondary N) is 1. The van der Waals surface area contributed by atoms with Crippen molar-refractivity contribution in [2.75, 3.05) is 0 Å². The van der Waals surface area contributed by atoms with Gasteiger partial charge in [0, 0.05) is 10.5 Å². The van der Waals surface area contributed by atoms with E-state index in [-0.39, 0.29) is 16.4 Å². The van der Waals surface area contributed by atoms with Crippen molar-refractivity contribution in [3.05, 3.63) is 33.8 Å². The maximum Gasteiger partial charge on any atom is 0.417 e. The smallest absolute Gasteiger partial charge is 0.271 e. The topological polar surface area (TPSA) is 38.0 Å². The van der Waals surface area contributed by atoms with Crippen LogP contribution in [0.25, 0.3) is 0 Å². The van der Waals surface area contributed by atoms with Crippen molar-refractivity contribution < 1.29 is 13.2 Å². The largest absolute Gasteiger partial charge is 0.417 e. The standard InChI is InChI=1S/C15H20BrF3N2/c1-9-2-4-10(5-3-9)14(21-20)11-6-7-13(16)12(8-11)15(17,18)19/h6-10,14,21H,2-5,20H2,1H3. The predicted molar refractivity (Wildman–Crippen MR) is 80.3 cm³/mol. The number of halogens is 4. The van der Waals surface area contributed by atoms with Gasteiger partial charge in [-0.1, -0.05) is 41.8 Å². The van der Waals surface area contributed by atoms with Gasteiger partial charge in [0.15, 0.2) is 0 Å². The Morgan fingerprint density at radius 1 is 1.24 bits per heavy atom. The third-order valence-electron chi connectivity index (χ3n) is 4.37. The van der Waals surface area contributed by atoms with Crippen molar-refractivity contribution in [3.63, 3.8) is 0 Å². The lowest BCUT2D eigenvalue weighted by atomic mass is 9.77. The van der Waals surface area contributed by atoms with E-state index < -0.39 is 11.7 Å². The molecule has 2 nitrogen and oxygen atoms in total. The highest BCUT2D eigenvalue weighted by Crippen LogP contribution is 2.40. The van der Waals surface area contributed by atoms with Gasteiger partial charge in [0.2, 0.25) is 0 Å². The first-order valence-corrected chi connectivity index (χ1v) is 7.95. The zero-order chi connectivity index (χ0) is 15.6. The summed E-state index contributed by atoms with van der Waals surface area (Å²) in [5, 5.41) is 0. The van der Waals surface area contributed by atoms with Crippen LogP contribution in [0.3, 0.4) is 0 Å². The molecule has 1 aliphatic rings. The van der Waals surface area contributed by atoms with Crippen LogP contribution in [0.5, 0.6) is 0 Å². The summed E-state index contributed by atoms with van der Waals surface area (Å²) in [6.45, 7) is 2.21.